The van der Waals surface area contributed by atoms with Crippen molar-refractivity contribution in [2.24, 2.45) is 0 Å². The first kappa shape index (κ1) is 15.9. The molecule has 0 aliphatic heterocycles. The number of hydrogen-bond acceptors (Lipinski definition) is 4. The van der Waals surface area contributed by atoms with Gasteiger partial charge in [0.15, 0.2) is 5.16 Å². The Labute approximate surface area is 129 Å². The molecule has 0 spiro atoms. The summed E-state index contributed by atoms with van der Waals surface area (Å²) in [6, 6.07) is 6.37. The van der Waals surface area contributed by atoms with E-state index in [2.05, 4.69) is 54.5 Å². The van der Waals surface area contributed by atoms with Gasteiger partial charge in [-0.3, -0.25) is 4.57 Å². The molecule has 0 amide bonds. The fraction of sp³-hybridized carbons (Fsp3) is 0.467. The van der Waals surface area contributed by atoms with Crippen LogP contribution in [0.1, 0.15) is 31.4 Å². The number of nitrogens with one attached hydrogen (secondary N) is 2. The van der Waals surface area contributed by atoms with Gasteiger partial charge in [0.1, 0.15) is 0 Å². The molecule has 1 heterocycles. The molecular weight excluding hydrogens is 284 g/mol. The quantitative estimate of drug-likeness (QED) is 0.825. The number of nitrogens with zero attached hydrogens (tertiary/aromatic N) is 2. The molecule has 2 N–H and O–H groups in total. The molecule has 0 aliphatic rings. The zero-order valence-electron chi connectivity index (χ0n) is 12.8. The first-order chi connectivity index (χ1) is 10.2. The predicted molar refractivity (Wildman–Crippen MR) is 85.8 cm³/mol. The minimum absolute atomic E-state index is 0.139. The summed E-state index contributed by atoms with van der Waals surface area (Å²) >= 11 is 1.54. The van der Waals surface area contributed by atoms with E-state index in [1.807, 2.05) is 0 Å². The van der Waals surface area contributed by atoms with Crippen molar-refractivity contribution in [3.8, 4) is 0 Å². The normalized spacial score (nSPS) is 11.0. The molecule has 0 saturated heterocycles. The van der Waals surface area contributed by atoms with Gasteiger partial charge in [-0.25, -0.2) is 9.89 Å². The fourth-order valence-electron chi connectivity index (χ4n) is 2.11. The van der Waals surface area contributed by atoms with Crippen LogP contribution in [-0.4, -0.2) is 21.3 Å². The number of hydrogen-bond donors (Lipinski definition) is 2. The molecule has 0 saturated carbocycles. The lowest BCUT2D eigenvalue weighted by molar-refractivity contribution is 0.603. The van der Waals surface area contributed by atoms with Gasteiger partial charge in [0.05, 0.1) is 0 Å². The highest BCUT2D eigenvalue weighted by Crippen LogP contribution is 2.29. The summed E-state index contributed by atoms with van der Waals surface area (Å²) in [5.41, 5.74) is 2.33. The third-order valence-corrected chi connectivity index (χ3v) is 4.27. The Morgan fingerprint density at radius 2 is 2.19 bits per heavy atom. The topological polar surface area (TPSA) is 62.7 Å². The van der Waals surface area contributed by atoms with Crippen molar-refractivity contribution < 1.29 is 0 Å². The third kappa shape index (κ3) is 3.98. The summed E-state index contributed by atoms with van der Waals surface area (Å²) in [4.78, 5) is 12.9. The molecule has 0 aliphatic carbocycles. The molecule has 0 unspecified atom stereocenters. The molecule has 0 bridgehead atoms. The summed E-state index contributed by atoms with van der Waals surface area (Å²) in [5.74, 6) is 0. The Balaban J connectivity index is 2.28. The molecule has 6 heteroatoms. The Morgan fingerprint density at radius 3 is 2.90 bits per heavy atom. The van der Waals surface area contributed by atoms with Crippen molar-refractivity contribution in [2.45, 2.75) is 50.3 Å². The van der Waals surface area contributed by atoms with E-state index in [1.165, 1.54) is 11.1 Å². The van der Waals surface area contributed by atoms with Gasteiger partial charge in [0.2, 0.25) is 0 Å². The Bertz CT molecular complexity index is 647. The number of H-pyrrole nitrogens is 1. The van der Waals surface area contributed by atoms with Gasteiger partial charge < -0.3 is 5.32 Å². The van der Waals surface area contributed by atoms with Crippen molar-refractivity contribution in [1.29, 1.82) is 0 Å². The van der Waals surface area contributed by atoms with Crippen LogP contribution in [0.5, 0.6) is 0 Å². The van der Waals surface area contributed by atoms with Gasteiger partial charge in [-0.15, -0.1) is 5.10 Å². The zero-order valence-corrected chi connectivity index (χ0v) is 13.6. The molecular formula is C15H22N4OS. The van der Waals surface area contributed by atoms with Gasteiger partial charge in [0, 0.05) is 18.0 Å². The molecule has 2 rings (SSSR count). The predicted octanol–water partition coefficient (Wildman–Crippen LogP) is 2.55. The molecule has 114 valence electrons. The maximum atomic E-state index is 11.8. The van der Waals surface area contributed by atoms with E-state index in [-0.39, 0.29) is 5.69 Å². The van der Waals surface area contributed by atoms with Crippen LogP contribution >= 0.6 is 11.8 Å². The van der Waals surface area contributed by atoms with Gasteiger partial charge >= 0.3 is 5.69 Å². The van der Waals surface area contributed by atoms with Crippen molar-refractivity contribution in [2.75, 3.05) is 6.54 Å². The minimum Gasteiger partial charge on any atom is -0.313 e. The largest absolute Gasteiger partial charge is 0.343 e. The van der Waals surface area contributed by atoms with Crippen LogP contribution in [0.4, 0.5) is 0 Å². The highest BCUT2D eigenvalue weighted by atomic mass is 32.2. The van der Waals surface area contributed by atoms with Crippen LogP contribution in [0.3, 0.4) is 0 Å². The Morgan fingerprint density at radius 1 is 1.38 bits per heavy atom. The second kappa shape index (κ2) is 7.47. The zero-order chi connectivity index (χ0) is 15.2. The van der Waals surface area contributed by atoms with Crippen LogP contribution < -0.4 is 11.0 Å². The van der Waals surface area contributed by atoms with Crippen LogP contribution in [0.25, 0.3) is 0 Å². The fourth-order valence-corrected chi connectivity index (χ4v) is 3.08. The van der Waals surface area contributed by atoms with E-state index in [9.17, 15) is 4.79 Å². The average molecular weight is 306 g/mol. The number of rotatable bonds is 7. The van der Waals surface area contributed by atoms with Crippen LogP contribution in [-0.2, 0) is 13.1 Å². The summed E-state index contributed by atoms with van der Waals surface area (Å²) in [5, 5.41) is 10.8. The third-order valence-electron chi connectivity index (χ3n) is 3.15. The van der Waals surface area contributed by atoms with Crippen molar-refractivity contribution in [3.63, 3.8) is 0 Å². The summed E-state index contributed by atoms with van der Waals surface area (Å²) in [6.45, 7) is 8.67. The van der Waals surface area contributed by atoms with Crippen LogP contribution in [0.15, 0.2) is 33.0 Å². The molecule has 2 aromatic rings. The van der Waals surface area contributed by atoms with E-state index in [0.29, 0.717) is 6.54 Å². The standard InChI is InChI=1S/C15H22N4OS/c1-4-8-19-14(20)17-18-15(19)21-13-7-6-11(3)9-12(13)10-16-5-2/h6-7,9,16H,4-5,8,10H2,1-3H3,(H,17,20). The van der Waals surface area contributed by atoms with E-state index >= 15 is 0 Å². The second-order valence-corrected chi connectivity index (χ2v) is 5.97. The average Bonchev–Trinajstić information content (AvgIpc) is 2.81. The minimum atomic E-state index is -0.139. The summed E-state index contributed by atoms with van der Waals surface area (Å²) in [6.07, 6.45) is 0.908. The maximum Gasteiger partial charge on any atom is 0.343 e. The number of aromatic amines is 1. The van der Waals surface area contributed by atoms with E-state index < -0.39 is 0 Å². The van der Waals surface area contributed by atoms with Crippen LogP contribution in [0, 0.1) is 6.92 Å². The van der Waals surface area contributed by atoms with Gasteiger partial charge in [-0.05, 0) is 43.3 Å². The molecule has 0 atom stereocenters. The number of aryl methyl sites for hydroxylation is 1. The smallest absolute Gasteiger partial charge is 0.313 e. The maximum absolute atomic E-state index is 11.8. The molecule has 1 aromatic heterocycles. The van der Waals surface area contributed by atoms with E-state index in [0.717, 1.165) is 29.6 Å². The molecule has 0 radical (unpaired) electrons. The van der Waals surface area contributed by atoms with Crippen LogP contribution in [0.2, 0.25) is 0 Å². The number of aromatic nitrogens is 3. The van der Waals surface area contributed by atoms with Crippen molar-refractivity contribution in [3.05, 3.63) is 39.8 Å². The van der Waals surface area contributed by atoms with E-state index in [1.54, 1.807) is 16.3 Å². The lowest BCUT2D eigenvalue weighted by Gasteiger charge is -2.11. The first-order valence-electron chi connectivity index (χ1n) is 7.29. The van der Waals surface area contributed by atoms with Gasteiger partial charge in [-0.2, -0.15) is 0 Å². The van der Waals surface area contributed by atoms with Crippen molar-refractivity contribution in [1.82, 2.24) is 20.1 Å². The SMILES string of the molecule is CCCn1c(Sc2ccc(C)cc2CNCC)n[nH]c1=O. The lowest BCUT2D eigenvalue weighted by Crippen LogP contribution is -2.17. The Hall–Kier alpha value is -1.53. The first-order valence-corrected chi connectivity index (χ1v) is 8.10. The van der Waals surface area contributed by atoms with Gasteiger partial charge in [0.25, 0.3) is 0 Å². The summed E-state index contributed by atoms with van der Waals surface area (Å²) < 4.78 is 1.70. The van der Waals surface area contributed by atoms with E-state index in [4.69, 9.17) is 0 Å². The highest BCUT2D eigenvalue weighted by Gasteiger charge is 2.12. The highest BCUT2D eigenvalue weighted by molar-refractivity contribution is 7.99. The Kier molecular flexibility index (Phi) is 5.64. The molecule has 5 nitrogen and oxygen atoms in total. The molecule has 21 heavy (non-hydrogen) atoms. The van der Waals surface area contributed by atoms with Gasteiger partial charge in [-0.1, -0.05) is 31.5 Å². The molecule has 0 fully saturated rings. The monoisotopic (exact) mass is 306 g/mol. The lowest BCUT2D eigenvalue weighted by atomic mass is 10.1. The molecule has 1 aromatic carbocycles. The van der Waals surface area contributed by atoms with Crippen molar-refractivity contribution >= 4 is 11.8 Å². The summed E-state index contributed by atoms with van der Waals surface area (Å²) in [7, 11) is 0. The second-order valence-electron chi connectivity index (χ2n) is 4.96. The number of benzene rings is 1.